The monoisotopic (exact) mass is 182 g/mol. The highest BCUT2D eigenvalue weighted by Crippen LogP contribution is 2.09. The van der Waals surface area contributed by atoms with Gasteiger partial charge in [0.1, 0.15) is 0 Å². The number of rotatable bonds is 3. The summed E-state index contributed by atoms with van der Waals surface area (Å²) in [5.41, 5.74) is 2.33. The fourth-order valence-electron chi connectivity index (χ4n) is 0.832. The zero-order valence-electron chi connectivity index (χ0n) is 9.76. The summed E-state index contributed by atoms with van der Waals surface area (Å²) in [6.07, 6.45) is 4.01. The molecule has 0 bridgehead atoms. The first-order chi connectivity index (χ1) is 6.13. The van der Waals surface area contributed by atoms with E-state index in [4.69, 9.17) is 0 Å². The summed E-state index contributed by atoms with van der Waals surface area (Å²) in [5.74, 6) is 0. The van der Waals surface area contributed by atoms with Crippen molar-refractivity contribution in [3.8, 4) is 0 Å². The smallest absolute Gasteiger partial charge is 0.0573 e. The first kappa shape index (κ1) is 14.5. The molecular formula is C11H22N2. The van der Waals surface area contributed by atoms with Gasteiger partial charge in [0.05, 0.1) is 5.70 Å². The molecule has 0 aliphatic rings. The molecule has 0 saturated carbocycles. The summed E-state index contributed by atoms with van der Waals surface area (Å²) in [6.45, 7) is 13.5. The Kier molecular flexibility index (Phi) is 10.1. The maximum absolute atomic E-state index is 3.80. The van der Waals surface area contributed by atoms with Crippen molar-refractivity contribution in [2.45, 2.75) is 34.6 Å². The van der Waals surface area contributed by atoms with Crippen LogP contribution in [-0.2, 0) is 0 Å². The number of nitrogens with zero attached hydrogens (tertiary/aromatic N) is 2. The van der Waals surface area contributed by atoms with Crippen LogP contribution in [0.4, 0.5) is 0 Å². The van der Waals surface area contributed by atoms with Gasteiger partial charge in [0.15, 0.2) is 0 Å². The molecule has 0 unspecified atom stereocenters. The normalized spacial score (nSPS) is 8.77. The molecule has 0 heterocycles. The van der Waals surface area contributed by atoms with Gasteiger partial charge in [-0.1, -0.05) is 25.5 Å². The second-order valence-corrected chi connectivity index (χ2v) is 2.55. The Bertz CT molecular complexity index is 186. The van der Waals surface area contributed by atoms with Crippen molar-refractivity contribution in [3.63, 3.8) is 0 Å². The first-order valence-electron chi connectivity index (χ1n) is 4.64. The van der Waals surface area contributed by atoms with Crippen LogP contribution < -0.4 is 0 Å². The van der Waals surface area contributed by atoms with Crippen molar-refractivity contribution >= 4 is 6.72 Å². The van der Waals surface area contributed by atoms with Gasteiger partial charge in [-0.25, -0.2) is 0 Å². The molecule has 0 aliphatic heterocycles. The molecule has 2 nitrogen and oxygen atoms in total. The van der Waals surface area contributed by atoms with Crippen LogP contribution in [0.15, 0.2) is 28.5 Å². The minimum Gasteiger partial charge on any atom is -0.269 e. The van der Waals surface area contributed by atoms with Crippen LogP contribution in [0.3, 0.4) is 0 Å². The quantitative estimate of drug-likeness (QED) is 0.371. The Morgan fingerprint density at radius 2 is 1.77 bits per heavy atom. The molecule has 0 saturated heterocycles. The van der Waals surface area contributed by atoms with E-state index < -0.39 is 0 Å². The lowest BCUT2D eigenvalue weighted by molar-refractivity contribution is 0.460. The van der Waals surface area contributed by atoms with E-state index in [1.54, 1.807) is 5.01 Å². The average Bonchev–Trinajstić information content (AvgIpc) is 2.15. The molecule has 2 heteroatoms. The lowest BCUT2D eigenvalue weighted by atomic mass is 10.2. The lowest BCUT2D eigenvalue weighted by Gasteiger charge is -2.14. The van der Waals surface area contributed by atoms with Gasteiger partial charge in [0.25, 0.3) is 0 Å². The molecule has 13 heavy (non-hydrogen) atoms. The zero-order valence-corrected chi connectivity index (χ0v) is 9.76. The van der Waals surface area contributed by atoms with E-state index in [-0.39, 0.29) is 0 Å². The minimum atomic E-state index is 1.10. The van der Waals surface area contributed by atoms with E-state index in [0.717, 1.165) is 5.70 Å². The molecule has 76 valence electrons. The third-order valence-electron chi connectivity index (χ3n) is 1.40. The van der Waals surface area contributed by atoms with E-state index in [0.29, 0.717) is 0 Å². The fourth-order valence-corrected chi connectivity index (χ4v) is 0.832. The topological polar surface area (TPSA) is 15.6 Å². The van der Waals surface area contributed by atoms with Gasteiger partial charge < -0.3 is 0 Å². The Morgan fingerprint density at radius 3 is 2.00 bits per heavy atom. The molecule has 0 rings (SSSR count). The molecule has 0 radical (unpaired) electrons. The molecule has 0 aromatic rings. The Hall–Kier alpha value is -1.05. The highest BCUT2D eigenvalue weighted by Gasteiger charge is 1.98. The maximum Gasteiger partial charge on any atom is 0.0573 e. The molecule has 0 fully saturated rings. The molecule has 0 atom stereocenters. The van der Waals surface area contributed by atoms with Crippen LogP contribution in [0.5, 0.6) is 0 Å². The highest BCUT2D eigenvalue weighted by molar-refractivity contribution is 5.27. The first-order valence-corrected chi connectivity index (χ1v) is 4.64. The molecule has 0 aromatic heterocycles. The van der Waals surface area contributed by atoms with E-state index in [9.17, 15) is 0 Å². The van der Waals surface area contributed by atoms with Gasteiger partial charge >= 0.3 is 0 Å². The van der Waals surface area contributed by atoms with Gasteiger partial charge in [-0.15, -0.1) is 0 Å². The molecule has 0 aromatic carbocycles. The molecule has 0 spiro atoms. The number of hydrogen-bond acceptors (Lipinski definition) is 2. The number of hydrazone groups is 1. The van der Waals surface area contributed by atoms with E-state index in [2.05, 4.69) is 25.7 Å². The van der Waals surface area contributed by atoms with Crippen LogP contribution in [0.1, 0.15) is 34.6 Å². The van der Waals surface area contributed by atoms with Gasteiger partial charge in [-0.2, -0.15) is 5.10 Å². The van der Waals surface area contributed by atoms with Crippen LogP contribution in [0, 0.1) is 0 Å². The summed E-state index contributed by atoms with van der Waals surface area (Å²) < 4.78 is 0. The van der Waals surface area contributed by atoms with Gasteiger partial charge in [0.2, 0.25) is 0 Å². The summed E-state index contributed by atoms with van der Waals surface area (Å²) in [7, 11) is 1.88. The summed E-state index contributed by atoms with van der Waals surface area (Å²) in [5, 5.41) is 5.56. The van der Waals surface area contributed by atoms with Crippen molar-refractivity contribution in [1.82, 2.24) is 5.01 Å². The second kappa shape index (κ2) is 9.04. The van der Waals surface area contributed by atoms with Crippen molar-refractivity contribution in [2.24, 2.45) is 5.10 Å². The van der Waals surface area contributed by atoms with Crippen LogP contribution in [0.25, 0.3) is 0 Å². The summed E-state index contributed by atoms with van der Waals surface area (Å²) >= 11 is 0. The second-order valence-electron chi connectivity index (χ2n) is 2.55. The van der Waals surface area contributed by atoms with Crippen molar-refractivity contribution in [3.05, 3.63) is 23.4 Å². The van der Waals surface area contributed by atoms with E-state index in [1.165, 1.54) is 5.57 Å². The summed E-state index contributed by atoms with van der Waals surface area (Å²) in [4.78, 5) is 0. The fraction of sp³-hybridized carbons (Fsp3) is 0.545. The van der Waals surface area contributed by atoms with E-state index >= 15 is 0 Å². The van der Waals surface area contributed by atoms with Crippen LogP contribution in [-0.4, -0.2) is 18.8 Å². The third-order valence-corrected chi connectivity index (χ3v) is 1.40. The lowest BCUT2D eigenvalue weighted by Crippen LogP contribution is -2.09. The van der Waals surface area contributed by atoms with Gasteiger partial charge in [0, 0.05) is 13.8 Å². The van der Waals surface area contributed by atoms with E-state index in [1.807, 2.05) is 40.0 Å². The van der Waals surface area contributed by atoms with Crippen molar-refractivity contribution in [1.29, 1.82) is 0 Å². The van der Waals surface area contributed by atoms with Gasteiger partial charge in [-0.3, -0.25) is 5.01 Å². The highest BCUT2D eigenvalue weighted by atomic mass is 15.4. The van der Waals surface area contributed by atoms with Crippen molar-refractivity contribution < 1.29 is 0 Å². The SMILES string of the molecule is C=NN(C)C(/C=C\C)=C(C)C.CC. The van der Waals surface area contributed by atoms with Crippen molar-refractivity contribution in [2.75, 3.05) is 7.05 Å². The van der Waals surface area contributed by atoms with Crippen LogP contribution in [0.2, 0.25) is 0 Å². The number of likely N-dealkylation sites (N-methyl/N-ethyl adjacent to an activating group) is 1. The Morgan fingerprint density at radius 1 is 1.31 bits per heavy atom. The predicted molar refractivity (Wildman–Crippen MR) is 61.8 cm³/mol. The zero-order chi connectivity index (χ0) is 10.9. The molecule has 0 aliphatic carbocycles. The van der Waals surface area contributed by atoms with Crippen LogP contribution >= 0.6 is 0 Å². The standard InChI is InChI=1S/C9H16N2.C2H6/c1-6-7-9(8(2)3)11(5)10-4;1-2/h6-7H,4H2,1-3,5H3;1-2H3/b7-6-;. The average molecular weight is 182 g/mol. The largest absolute Gasteiger partial charge is 0.269 e. The Balaban J connectivity index is 0. The van der Waals surface area contributed by atoms with Gasteiger partial charge in [-0.05, 0) is 26.8 Å². The molecule has 0 N–H and O–H groups in total. The number of allylic oxidation sites excluding steroid dienone is 3. The predicted octanol–water partition coefficient (Wildman–Crippen LogP) is 3.43. The summed E-state index contributed by atoms with van der Waals surface area (Å²) in [6, 6.07) is 0. The minimum absolute atomic E-state index is 1.10. The number of hydrogen-bond donors (Lipinski definition) is 0. The molecular weight excluding hydrogens is 160 g/mol. The molecule has 0 amide bonds. The third kappa shape index (κ3) is 6.14. The maximum atomic E-state index is 3.80. The Labute approximate surface area is 82.6 Å².